The molecule has 0 fully saturated rings. The van der Waals surface area contributed by atoms with E-state index in [0.717, 1.165) is 11.5 Å². The van der Waals surface area contributed by atoms with Crippen molar-refractivity contribution in [3.8, 4) is 12.1 Å². The van der Waals surface area contributed by atoms with E-state index >= 15 is 0 Å². The van der Waals surface area contributed by atoms with Crippen molar-refractivity contribution < 1.29 is 9.90 Å². The van der Waals surface area contributed by atoms with E-state index in [4.69, 9.17) is 15.6 Å². The van der Waals surface area contributed by atoms with Gasteiger partial charge in [0, 0.05) is 5.69 Å². The lowest BCUT2D eigenvalue weighted by Gasteiger charge is -2.05. The largest absolute Gasteiger partial charge is 0.478 e. The molecule has 0 radical (unpaired) electrons. The molecule has 0 amide bonds. The molecule has 1 aromatic carbocycles. The number of aryl methyl sites for hydroxylation is 1. The van der Waals surface area contributed by atoms with Gasteiger partial charge in [-0.05, 0) is 36.7 Å². The van der Waals surface area contributed by atoms with Crippen molar-refractivity contribution >= 4 is 28.2 Å². The summed E-state index contributed by atoms with van der Waals surface area (Å²) in [6.07, 6.45) is 0. The quantitative estimate of drug-likeness (QED) is 0.896. The second kappa shape index (κ2) is 5.39. The Morgan fingerprint density at radius 1 is 1.35 bits per heavy atom. The van der Waals surface area contributed by atoms with Gasteiger partial charge in [-0.25, -0.2) is 4.79 Å². The molecule has 0 aliphatic rings. The van der Waals surface area contributed by atoms with Crippen molar-refractivity contribution in [3.63, 3.8) is 0 Å². The molecule has 0 saturated heterocycles. The minimum atomic E-state index is -1.06. The molecule has 1 heterocycles. The normalized spacial score (nSPS) is 9.55. The summed E-state index contributed by atoms with van der Waals surface area (Å²) in [7, 11) is 0. The van der Waals surface area contributed by atoms with Crippen molar-refractivity contribution in [2.75, 3.05) is 5.32 Å². The highest BCUT2D eigenvalue weighted by Crippen LogP contribution is 2.28. The molecule has 0 aliphatic heterocycles. The van der Waals surface area contributed by atoms with Crippen LogP contribution in [0.3, 0.4) is 0 Å². The maximum Gasteiger partial charge on any atom is 0.340 e. The zero-order chi connectivity index (χ0) is 14.7. The Morgan fingerprint density at radius 3 is 2.65 bits per heavy atom. The van der Waals surface area contributed by atoms with Gasteiger partial charge in [0.15, 0.2) is 0 Å². The van der Waals surface area contributed by atoms with Crippen LogP contribution < -0.4 is 5.32 Å². The highest BCUT2D eigenvalue weighted by atomic mass is 32.1. The first kappa shape index (κ1) is 13.5. The Balaban J connectivity index is 2.39. The van der Waals surface area contributed by atoms with Gasteiger partial charge in [0.05, 0.1) is 16.8 Å². The topological polar surface area (TPSA) is 110 Å². The average molecular weight is 284 g/mol. The molecule has 2 rings (SSSR count). The summed E-state index contributed by atoms with van der Waals surface area (Å²) in [4.78, 5) is 11.1. The monoisotopic (exact) mass is 284 g/mol. The van der Waals surface area contributed by atoms with Crippen molar-refractivity contribution in [1.82, 2.24) is 4.37 Å². The maximum atomic E-state index is 11.1. The number of benzene rings is 1. The van der Waals surface area contributed by atoms with Crippen molar-refractivity contribution in [3.05, 3.63) is 40.6 Å². The van der Waals surface area contributed by atoms with Gasteiger partial charge in [-0.15, -0.1) is 0 Å². The van der Waals surface area contributed by atoms with Crippen LogP contribution in [0.2, 0.25) is 0 Å². The third-order valence-corrected chi connectivity index (χ3v) is 3.45. The number of anilines is 2. The van der Waals surface area contributed by atoms with Gasteiger partial charge >= 0.3 is 5.97 Å². The van der Waals surface area contributed by atoms with E-state index in [-0.39, 0.29) is 16.7 Å². The first-order valence-electron chi connectivity index (χ1n) is 5.47. The minimum Gasteiger partial charge on any atom is -0.478 e. The molecule has 2 aromatic rings. The number of aromatic carboxylic acids is 1. The number of carboxylic acids is 1. The summed E-state index contributed by atoms with van der Waals surface area (Å²) in [5.41, 5.74) is 1.58. The van der Waals surface area contributed by atoms with Crippen LogP contribution in [-0.2, 0) is 0 Å². The van der Waals surface area contributed by atoms with E-state index < -0.39 is 5.97 Å². The number of carbonyl (C=O) groups is 1. The predicted octanol–water partition coefficient (Wildman–Crippen LogP) is 2.64. The fourth-order valence-corrected chi connectivity index (χ4v) is 2.46. The van der Waals surface area contributed by atoms with E-state index in [0.29, 0.717) is 16.4 Å². The smallest absolute Gasteiger partial charge is 0.340 e. The van der Waals surface area contributed by atoms with Crippen LogP contribution in [0.4, 0.5) is 10.7 Å². The van der Waals surface area contributed by atoms with E-state index in [1.807, 2.05) is 12.1 Å². The fourth-order valence-electron chi connectivity index (χ4n) is 1.65. The number of nitrogens with one attached hydrogen (secondary N) is 1. The lowest BCUT2D eigenvalue weighted by atomic mass is 10.1. The van der Waals surface area contributed by atoms with E-state index in [9.17, 15) is 4.79 Å². The van der Waals surface area contributed by atoms with Crippen LogP contribution in [-0.4, -0.2) is 15.4 Å². The molecule has 20 heavy (non-hydrogen) atoms. The Morgan fingerprint density at radius 2 is 2.05 bits per heavy atom. The zero-order valence-corrected chi connectivity index (χ0v) is 11.2. The van der Waals surface area contributed by atoms with Gasteiger partial charge in [-0.2, -0.15) is 14.9 Å². The summed E-state index contributed by atoms with van der Waals surface area (Å²) in [5.74, 6) is -1.06. The van der Waals surface area contributed by atoms with Crippen LogP contribution >= 0.6 is 11.5 Å². The summed E-state index contributed by atoms with van der Waals surface area (Å²) in [6.45, 7) is 1.62. The van der Waals surface area contributed by atoms with Crippen molar-refractivity contribution in [2.24, 2.45) is 0 Å². The van der Waals surface area contributed by atoms with Gasteiger partial charge < -0.3 is 10.4 Å². The number of hydrogen-bond acceptors (Lipinski definition) is 6. The molecule has 7 heteroatoms. The number of nitrogens with zero attached hydrogens (tertiary/aromatic N) is 3. The van der Waals surface area contributed by atoms with Gasteiger partial charge in [-0.3, -0.25) is 0 Å². The Kier molecular flexibility index (Phi) is 3.65. The van der Waals surface area contributed by atoms with Crippen LogP contribution in [0, 0.1) is 29.6 Å². The fraction of sp³-hybridized carbons (Fsp3) is 0.0769. The number of nitriles is 2. The summed E-state index contributed by atoms with van der Waals surface area (Å²) in [6, 6.07) is 8.46. The highest BCUT2D eigenvalue weighted by molar-refractivity contribution is 7.10. The number of rotatable bonds is 3. The van der Waals surface area contributed by atoms with E-state index in [1.165, 1.54) is 12.1 Å². The third-order valence-electron chi connectivity index (χ3n) is 2.59. The lowest BCUT2D eigenvalue weighted by molar-refractivity contribution is 0.0697. The molecule has 0 aliphatic carbocycles. The highest BCUT2D eigenvalue weighted by Gasteiger charge is 2.17. The number of carboxylic acid groups (broad SMARTS) is 1. The second-order valence-corrected chi connectivity index (χ2v) is 4.66. The molecule has 98 valence electrons. The maximum absolute atomic E-state index is 11.1. The molecule has 1 aromatic heterocycles. The van der Waals surface area contributed by atoms with Gasteiger partial charge in [0.1, 0.15) is 22.7 Å². The predicted molar refractivity (Wildman–Crippen MR) is 73.0 cm³/mol. The summed E-state index contributed by atoms with van der Waals surface area (Å²) < 4.78 is 3.99. The minimum absolute atomic E-state index is 0.109. The van der Waals surface area contributed by atoms with Crippen molar-refractivity contribution in [1.29, 1.82) is 10.5 Å². The zero-order valence-electron chi connectivity index (χ0n) is 10.3. The SMILES string of the molecule is Cc1nsc(Nc2ccc(C#N)c(C#N)c2)c1C(=O)O. The summed E-state index contributed by atoms with van der Waals surface area (Å²) in [5, 5.41) is 30.2. The number of aromatic nitrogens is 1. The van der Waals surface area contributed by atoms with Crippen LogP contribution in [0.5, 0.6) is 0 Å². The molecule has 0 atom stereocenters. The number of hydrogen-bond donors (Lipinski definition) is 2. The van der Waals surface area contributed by atoms with Gasteiger partial charge in [0.25, 0.3) is 0 Å². The first-order chi connectivity index (χ1) is 9.56. The third kappa shape index (κ3) is 2.44. The molecule has 0 spiro atoms. The van der Waals surface area contributed by atoms with E-state index in [1.54, 1.807) is 13.0 Å². The molecule has 6 nitrogen and oxygen atoms in total. The molecule has 0 saturated carbocycles. The van der Waals surface area contributed by atoms with E-state index in [2.05, 4.69) is 9.69 Å². The lowest BCUT2D eigenvalue weighted by Crippen LogP contribution is -2.01. The molecular weight excluding hydrogens is 276 g/mol. The molecule has 0 unspecified atom stereocenters. The Bertz CT molecular complexity index is 768. The van der Waals surface area contributed by atoms with Crippen LogP contribution in [0.15, 0.2) is 18.2 Å². The Hall–Kier alpha value is -2.90. The van der Waals surface area contributed by atoms with Crippen molar-refractivity contribution in [2.45, 2.75) is 6.92 Å². The standard InChI is InChI=1S/C13H8N4O2S/c1-7-11(13(18)19)12(20-17-7)16-10-3-2-8(5-14)9(4-10)6-15/h2-4,16H,1H3,(H,18,19). The van der Waals surface area contributed by atoms with Gasteiger partial charge in [-0.1, -0.05) is 0 Å². The summed E-state index contributed by atoms with van der Waals surface area (Å²) >= 11 is 1.03. The Labute approximate surface area is 118 Å². The molecular formula is C13H8N4O2S. The van der Waals surface area contributed by atoms with Crippen LogP contribution in [0.25, 0.3) is 0 Å². The second-order valence-electron chi connectivity index (χ2n) is 3.89. The average Bonchev–Trinajstić information content (AvgIpc) is 2.79. The first-order valence-corrected chi connectivity index (χ1v) is 6.25. The molecule has 0 bridgehead atoms. The van der Waals surface area contributed by atoms with Crippen LogP contribution in [0.1, 0.15) is 27.2 Å². The molecule has 2 N–H and O–H groups in total. The van der Waals surface area contributed by atoms with Gasteiger partial charge in [0.2, 0.25) is 0 Å².